The summed E-state index contributed by atoms with van der Waals surface area (Å²) < 4.78 is 43.4. The van der Waals surface area contributed by atoms with Gasteiger partial charge in [0.05, 0.1) is 6.54 Å². The van der Waals surface area contributed by atoms with Gasteiger partial charge in [0.25, 0.3) is 0 Å². The van der Waals surface area contributed by atoms with Crippen LogP contribution in [0.5, 0.6) is 0 Å². The van der Waals surface area contributed by atoms with Crippen LogP contribution in [0.25, 0.3) is 0 Å². The number of allylic oxidation sites excluding steroid dienone is 1. The van der Waals surface area contributed by atoms with E-state index < -0.39 is 11.9 Å². The standard InChI is InChI=1S/C15H15F3N4O/c16-15(17,18)13-5-7-19-14(20-13)22(9-11-3-1-2-4-11)10-12-6-8-23-21-12/h1,3,5-8,11H,2,4,9-10H2. The van der Waals surface area contributed by atoms with E-state index in [2.05, 4.69) is 27.3 Å². The first-order valence-electron chi connectivity index (χ1n) is 7.23. The first kappa shape index (κ1) is 15.5. The van der Waals surface area contributed by atoms with Gasteiger partial charge in [0.1, 0.15) is 17.7 Å². The fourth-order valence-corrected chi connectivity index (χ4v) is 2.52. The summed E-state index contributed by atoms with van der Waals surface area (Å²) in [6.45, 7) is 0.826. The topological polar surface area (TPSA) is 55.1 Å². The van der Waals surface area contributed by atoms with E-state index in [9.17, 15) is 13.2 Å². The summed E-state index contributed by atoms with van der Waals surface area (Å²) in [4.78, 5) is 9.38. The van der Waals surface area contributed by atoms with Crippen molar-refractivity contribution in [2.45, 2.75) is 25.6 Å². The summed E-state index contributed by atoms with van der Waals surface area (Å²) in [6.07, 6.45) is 4.15. The average molecular weight is 324 g/mol. The molecule has 0 spiro atoms. The molecule has 2 aromatic rings. The van der Waals surface area contributed by atoms with E-state index >= 15 is 0 Å². The lowest BCUT2D eigenvalue weighted by Crippen LogP contribution is -2.30. The number of anilines is 1. The molecule has 0 aliphatic heterocycles. The van der Waals surface area contributed by atoms with E-state index in [1.807, 2.05) is 0 Å². The Morgan fingerprint density at radius 3 is 2.83 bits per heavy atom. The van der Waals surface area contributed by atoms with Gasteiger partial charge >= 0.3 is 6.18 Å². The molecule has 2 heterocycles. The third-order valence-corrected chi connectivity index (χ3v) is 3.63. The van der Waals surface area contributed by atoms with Crippen LogP contribution in [0.15, 0.2) is 41.3 Å². The lowest BCUT2D eigenvalue weighted by Gasteiger charge is -2.24. The molecule has 0 N–H and O–H groups in total. The Morgan fingerprint density at radius 1 is 1.30 bits per heavy atom. The van der Waals surface area contributed by atoms with Gasteiger partial charge in [-0.1, -0.05) is 17.3 Å². The van der Waals surface area contributed by atoms with Crippen molar-refractivity contribution in [2.75, 3.05) is 11.4 Å². The van der Waals surface area contributed by atoms with Crippen LogP contribution in [0, 0.1) is 5.92 Å². The second-order valence-corrected chi connectivity index (χ2v) is 5.38. The Balaban J connectivity index is 1.85. The predicted octanol–water partition coefficient (Wildman–Crippen LogP) is 3.46. The molecule has 8 heteroatoms. The molecular weight excluding hydrogens is 309 g/mol. The predicted molar refractivity (Wildman–Crippen MR) is 76.5 cm³/mol. The van der Waals surface area contributed by atoms with Crippen LogP contribution in [0.2, 0.25) is 0 Å². The molecule has 1 atom stereocenters. The van der Waals surface area contributed by atoms with Gasteiger partial charge in [-0.2, -0.15) is 13.2 Å². The van der Waals surface area contributed by atoms with Crippen LogP contribution in [-0.4, -0.2) is 21.7 Å². The van der Waals surface area contributed by atoms with Crippen LogP contribution in [-0.2, 0) is 12.7 Å². The van der Waals surface area contributed by atoms with Crippen molar-refractivity contribution in [1.82, 2.24) is 15.1 Å². The number of hydrogen-bond acceptors (Lipinski definition) is 5. The van der Waals surface area contributed by atoms with Crippen molar-refractivity contribution in [1.29, 1.82) is 0 Å². The highest BCUT2D eigenvalue weighted by Crippen LogP contribution is 2.29. The minimum absolute atomic E-state index is 0.0446. The van der Waals surface area contributed by atoms with Crippen molar-refractivity contribution in [3.8, 4) is 0 Å². The van der Waals surface area contributed by atoms with Crippen LogP contribution in [0.3, 0.4) is 0 Å². The minimum Gasteiger partial charge on any atom is -0.364 e. The molecule has 122 valence electrons. The summed E-state index contributed by atoms with van der Waals surface area (Å²) in [5.74, 6) is 0.308. The van der Waals surface area contributed by atoms with Crippen LogP contribution in [0.1, 0.15) is 24.2 Å². The van der Waals surface area contributed by atoms with Crippen molar-refractivity contribution < 1.29 is 17.7 Å². The minimum atomic E-state index is -4.50. The van der Waals surface area contributed by atoms with Gasteiger partial charge in [-0.25, -0.2) is 9.97 Å². The first-order chi connectivity index (χ1) is 11.0. The Labute approximate surface area is 130 Å². The van der Waals surface area contributed by atoms with Crippen LogP contribution in [0.4, 0.5) is 19.1 Å². The molecule has 0 radical (unpaired) electrons. The zero-order valence-electron chi connectivity index (χ0n) is 12.2. The summed E-state index contributed by atoms with van der Waals surface area (Å²) >= 11 is 0. The maximum absolute atomic E-state index is 12.9. The van der Waals surface area contributed by atoms with Crippen molar-refractivity contribution in [3.05, 3.63) is 48.1 Å². The third kappa shape index (κ3) is 3.88. The van der Waals surface area contributed by atoms with Gasteiger partial charge in [-0.15, -0.1) is 0 Å². The summed E-state index contributed by atoms with van der Waals surface area (Å²) in [6, 6.07) is 2.54. The van der Waals surface area contributed by atoms with Gasteiger partial charge in [0, 0.05) is 18.8 Å². The SMILES string of the molecule is FC(F)(F)c1ccnc(N(Cc2ccon2)CC2C=CCC2)n1. The number of nitrogens with zero attached hydrogens (tertiary/aromatic N) is 4. The zero-order chi connectivity index (χ0) is 16.3. The fourth-order valence-electron chi connectivity index (χ4n) is 2.52. The second kappa shape index (κ2) is 6.39. The normalized spacial score (nSPS) is 17.6. The maximum Gasteiger partial charge on any atom is 0.433 e. The second-order valence-electron chi connectivity index (χ2n) is 5.38. The Morgan fingerprint density at radius 2 is 2.17 bits per heavy atom. The lowest BCUT2D eigenvalue weighted by molar-refractivity contribution is -0.141. The van der Waals surface area contributed by atoms with Gasteiger partial charge in [-0.05, 0) is 24.8 Å². The van der Waals surface area contributed by atoms with Gasteiger partial charge in [0.15, 0.2) is 0 Å². The quantitative estimate of drug-likeness (QED) is 0.789. The van der Waals surface area contributed by atoms with E-state index in [0.717, 1.165) is 25.1 Å². The Kier molecular flexibility index (Phi) is 4.31. The van der Waals surface area contributed by atoms with Gasteiger partial charge < -0.3 is 9.42 Å². The third-order valence-electron chi connectivity index (χ3n) is 3.63. The number of alkyl halides is 3. The molecule has 0 bridgehead atoms. The van der Waals surface area contributed by atoms with E-state index in [1.165, 1.54) is 6.26 Å². The molecular formula is C15H15F3N4O. The highest BCUT2D eigenvalue weighted by atomic mass is 19.4. The molecule has 0 amide bonds. The van der Waals surface area contributed by atoms with E-state index in [-0.39, 0.29) is 11.9 Å². The molecule has 0 aromatic carbocycles. The molecule has 0 saturated carbocycles. The van der Waals surface area contributed by atoms with Gasteiger partial charge in [0.2, 0.25) is 5.95 Å². The largest absolute Gasteiger partial charge is 0.433 e. The van der Waals surface area contributed by atoms with Gasteiger partial charge in [-0.3, -0.25) is 0 Å². The number of rotatable bonds is 5. The Bertz CT molecular complexity index is 670. The van der Waals surface area contributed by atoms with Crippen LogP contribution >= 0.6 is 0 Å². The highest BCUT2D eigenvalue weighted by Gasteiger charge is 2.33. The molecule has 5 nitrogen and oxygen atoms in total. The van der Waals surface area contributed by atoms with Crippen molar-refractivity contribution >= 4 is 5.95 Å². The summed E-state index contributed by atoms with van der Waals surface area (Å²) in [5, 5.41) is 3.81. The average Bonchev–Trinajstić information content (AvgIpc) is 3.19. The Hall–Kier alpha value is -2.38. The first-order valence-corrected chi connectivity index (χ1v) is 7.23. The number of halogens is 3. The van der Waals surface area contributed by atoms with E-state index in [1.54, 1.807) is 11.0 Å². The highest BCUT2D eigenvalue weighted by molar-refractivity contribution is 5.32. The monoisotopic (exact) mass is 324 g/mol. The smallest absolute Gasteiger partial charge is 0.364 e. The number of aromatic nitrogens is 3. The van der Waals surface area contributed by atoms with E-state index in [4.69, 9.17) is 4.52 Å². The molecule has 0 saturated heterocycles. The fraction of sp³-hybridized carbons (Fsp3) is 0.400. The molecule has 1 aliphatic rings. The molecule has 1 unspecified atom stereocenters. The van der Waals surface area contributed by atoms with Crippen molar-refractivity contribution in [3.63, 3.8) is 0 Å². The zero-order valence-corrected chi connectivity index (χ0v) is 12.2. The summed E-state index contributed by atoms with van der Waals surface area (Å²) in [5.41, 5.74) is -0.331. The molecule has 3 rings (SSSR count). The molecule has 0 fully saturated rings. The summed E-state index contributed by atoms with van der Waals surface area (Å²) in [7, 11) is 0. The molecule has 23 heavy (non-hydrogen) atoms. The van der Waals surface area contributed by atoms with E-state index in [0.29, 0.717) is 18.8 Å². The van der Waals surface area contributed by atoms with Crippen LogP contribution < -0.4 is 4.90 Å². The van der Waals surface area contributed by atoms with Crippen molar-refractivity contribution in [2.24, 2.45) is 5.92 Å². The molecule has 1 aliphatic carbocycles. The number of hydrogen-bond donors (Lipinski definition) is 0. The lowest BCUT2D eigenvalue weighted by atomic mass is 10.1. The maximum atomic E-state index is 12.9. The molecule has 2 aromatic heterocycles.